The largest absolute Gasteiger partial charge is 0.497 e. The quantitative estimate of drug-likeness (QED) is 0.573. The van der Waals surface area contributed by atoms with Gasteiger partial charge in [0.1, 0.15) is 10.6 Å². The van der Waals surface area contributed by atoms with E-state index in [0.717, 1.165) is 28.3 Å². The molecule has 1 aliphatic heterocycles. The lowest BCUT2D eigenvalue weighted by atomic mass is 10.2. The Hall–Kier alpha value is -3.11. The molecule has 3 aromatic rings. The molecule has 174 valence electrons. The minimum absolute atomic E-state index is 0.125. The Morgan fingerprint density at radius 3 is 2.24 bits per heavy atom. The van der Waals surface area contributed by atoms with Crippen LogP contribution in [0.1, 0.15) is 20.9 Å². The number of ether oxygens (including phenoxy) is 1. The summed E-state index contributed by atoms with van der Waals surface area (Å²) < 4.78 is 33.0. The number of hydrogen-bond acceptors (Lipinski definition) is 7. The Bertz CT molecular complexity index is 1230. The third-order valence-corrected chi connectivity index (χ3v) is 8.09. The van der Waals surface area contributed by atoms with Crippen LogP contribution in [-0.4, -0.2) is 57.5 Å². The van der Waals surface area contributed by atoms with Crippen LogP contribution in [-0.2, 0) is 10.0 Å². The van der Waals surface area contributed by atoms with Crippen LogP contribution in [0.2, 0.25) is 0 Å². The highest BCUT2D eigenvalue weighted by molar-refractivity contribution is 7.93. The Morgan fingerprint density at radius 1 is 1.00 bits per heavy atom. The molecule has 1 N–H and O–H groups in total. The molecular formula is C23H26N4O4S2. The molecule has 1 fully saturated rings. The maximum absolute atomic E-state index is 13.1. The van der Waals surface area contributed by atoms with Gasteiger partial charge in [0.25, 0.3) is 15.9 Å². The Kier molecular flexibility index (Phi) is 6.57. The van der Waals surface area contributed by atoms with E-state index in [0.29, 0.717) is 36.8 Å². The number of methoxy groups -OCH3 is 1. The predicted molar refractivity (Wildman–Crippen MR) is 130 cm³/mol. The number of piperazine rings is 1. The number of nitrogens with one attached hydrogen (secondary N) is 1. The van der Waals surface area contributed by atoms with Gasteiger partial charge in [-0.1, -0.05) is 29.0 Å². The monoisotopic (exact) mass is 486 g/mol. The summed E-state index contributed by atoms with van der Waals surface area (Å²) in [6.07, 6.45) is 0. The number of hydrogen-bond donors (Lipinski definition) is 1. The van der Waals surface area contributed by atoms with Crippen molar-refractivity contribution in [2.24, 2.45) is 0 Å². The molecule has 0 unspecified atom stereocenters. The van der Waals surface area contributed by atoms with E-state index in [-0.39, 0.29) is 15.9 Å². The number of sulfonamides is 1. The molecule has 1 saturated heterocycles. The number of carbonyl (C=O) groups is 1. The summed E-state index contributed by atoms with van der Waals surface area (Å²) in [6.45, 7) is 6.19. The molecule has 0 spiro atoms. The molecule has 8 nitrogen and oxygen atoms in total. The number of benzene rings is 2. The second-order valence-corrected chi connectivity index (χ2v) is 10.5. The fourth-order valence-electron chi connectivity index (χ4n) is 3.63. The molecule has 1 aromatic heterocycles. The molecule has 1 amide bonds. The van der Waals surface area contributed by atoms with Crippen LogP contribution < -0.4 is 14.4 Å². The van der Waals surface area contributed by atoms with Gasteiger partial charge in [0.2, 0.25) is 0 Å². The average molecular weight is 487 g/mol. The van der Waals surface area contributed by atoms with Gasteiger partial charge < -0.3 is 14.5 Å². The summed E-state index contributed by atoms with van der Waals surface area (Å²) in [5, 5.41) is 0.188. The summed E-state index contributed by atoms with van der Waals surface area (Å²) >= 11 is 1.07. The minimum Gasteiger partial charge on any atom is -0.497 e. The van der Waals surface area contributed by atoms with E-state index >= 15 is 0 Å². The first kappa shape index (κ1) is 23.1. The lowest BCUT2D eigenvalue weighted by molar-refractivity contribution is 0.0750. The standard InChI is InChI=1S/C23H26N4O4S2/c1-16-4-10-20(11-5-16)33(29,30)25-23-24-17(2)21(32-23)22(28)27-14-12-26(13-15-27)18-6-8-19(31-3)9-7-18/h4-11H,12-15H2,1-3H3,(H,24,25). The van der Waals surface area contributed by atoms with Gasteiger partial charge in [-0.3, -0.25) is 9.52 Å². The van der Waals surface area contributed by atoms with Crippen LogP contribution >= 0.6 is 11.3 Å². The Morgan fingerprint density at radius 2 is 1.64 bits per heavy atom. The van der Waals surface area contributed by atoms with Crippen molar-refractivity contribution >= 4 is 38.1 Å². The summed E-state index contributed by atoms with van der Waals surface area (Å²) in [4.78, 5) is 22.0. The van der Waals surface area contributed by atoms with Gasteiger partial charge in [-0.25, -0.2) is 13.4 Å². The summed E-state index contributed by atoms with van der Waals surface area (Å²) in [5.74, 6) is 0.683. The maximum Gasteiger partial charge on any atom is 0.266 e. The Balaban J connectivity index is 1.41. The highest BCUT2D eigenvalue weighted by Crippen LogP contribution is 2.27. The van der Waals surface area contributed by atoms with Gasteiger partial charge in [-0.2, -0.15) is 0 Å². The number of aromatic nitrogens is 1. The summed E-state index contributed by atoms with van der Waals surface area (Å²) in [6, 6.07) is 14.4. The molecule has 0 radical (unpaired) electrons. The van der Waals surface area contributed by atoms with Gasteiger partial charge in [-0.05, 0) is 50.2 Å². The summed E-state index contributed by atoms with van der Waals surface area (Å²) in [5.41, 5.74) is 2.58. The number of amides is 1. The van der Waals surface area contributed by atoms with E-state index in [1.54, 1.807) is 43.2 Å². The van der Waals surface area contributed by atoms with Gasteiger partial charge in [0, 0.05) is 31.9 Å². The van der Waals surface area contributed by atoms with Crippen LogP contribution in [0.25, 0.3) is 0 Å². The van der Waals surface area contributed by atoms with E-state index < -0.39 is 10.0 Å². The van der Waals surface area contributed by atoms with Crippen LogP contribution in [0.3, 0.4) is 0 Å². The summed E-state index contributed by atoms with van der Waals surface area (Å²) in [7, 11) is -2.13. The number of thiazole rings is 1. The lowest BCUT2D eigenvalue weighted by Crippen LogP contribution is -2.48. The second-order valence-electron chi connectivity index (χ2n) is 7.83. The molecule has 0 bridgehead atoms. The van der Waals surface area contributed by atoms with Crippen LogP contribution in [0.5, 0.6) is 5.75 Å². The van der Waals surface area contributed by atoms with Crippen molar-refractivity contribution in [3.05, 3.63) is 64.7 Å². The zero-order valence-electron chi connectivity index (χ0n) is 18.7. The topological polar surface area (TPSA) is 91.8 Å². The molecule has 1 aliphatic rings. The minimum atomic E-state index is -3.77. The SMILES string of the molecule is COc1ccc(N2CCN(C(=O)c3sc(NS(=O)(=O)c4ccc(C)cc4)nc3C)CC2)cc1. The van der Waals surface area contributed by atoms with Crippen molar-refractivity contribution in [3.63, 3.8) is 0 Å². The molecule has 33 heavy (non-hydrogen) atoms. The first-order chi connectivity index (χ1) is 15.8. The van der Waals surface area contributed by atoms with Crippen molar-refractivity contribution in [1.82, 2.24) is 9.88 Å². The average Bonchev–Trinajstić information content (AvgIpc) is 3.18. The van der Waals surface area contributed by atoms with Crippen molar-refractivity contribution in [3.8, 4) is 5.75 Å². The van der Waals surface area contributed by atoms with Crippen LogP contribution in [0.4, 0.5) is 10.8 Å². The first-order valence-corrected chi connectivity index (χ1v) is 12.8. The third kappa shape index (κ3) is 5.12. The smallest absolute Gasteiger partial charge is 0.266 e. The van der Waals surface area contributed by atoms with E-state index in [1.165, 1.54) is 0 Å². The van der Waals surface area contributed by atoms with Gasteiger partial charge >= 0.3 is 0 Å². The Labute approximate surface area is 197 Å². The molecule has 0 saturated carbocycles. The number of anilines is 2. The van der Waals surface area contributed by atoms with E-state index in [2.05, 4.69) is 14.6 Å². The molecule has 2 heterocycles. The molecule has 4 rings (SSSR count). The van der Waals surface area contributed by atoms with Gasteiger partial charge in [0.15, 0.2) is 5.13 Å². The maximum atomic E-state index is 13.1. The molecule has 10 heteroatoms. The van der Waals surface area contributed by atoms with Gasteiger partial charge in [0.05, 0.1) is 17.7 Å². The van der Waals surface area contributed by atoms with Crippen LogP contribution in [0, 0.1) is 13.8 Å². The van der Waals surface area contributed by atoms with Crippen molar-refractivity contribution in [1.29, 1.82) is 0 Å². The fraction of sp³-hybridized carbons (Fsp3) is 0.304. The molecule has 0 aliphatic carbocycles. The second kappa shape index (κ2) is 9.40. The van der Waals surface area contributed by atoms with Crippen molar-refractivity contribution in [2.45, 2.75) is 18.7 Å². The molecule has 0 atom stereocenters. The van der Waals surface area contributed by atoms with Crippen LogP contribution in [0.15, 0.2) is 53.4 Å². The number of carbonyl (C=O) groups excluding carboxylic acids is 1. The van der Waals surface area contributed by atoms with E-state index in [4.69, 9.17) is 4.74 Å². The zero-order valence-corrected chi connectivity index (χ0v) is 20.4. The van der Waals surface area contributed by atoms with Gasteiger partial charge in [-0.15, -0.1) is 0 Å². The lowest BCUT2D eigenvalue weighted by Gasteiger charge is -2.36. The highest BCUT2D eigenvalue weighted by atomic mass is 32.2. The van der Waals surface area contributed by atoms with Crippen molar-refractivity contribution < 1.29 is 17.9 Å². The zero-order chi connectivity index (χ0) is 23.6. The predicted octanol–water partition coefficient (Wildman–Crippen LogP) is 3.53. The number of aryl methyl sites for hydroxylation is 2. The first-order valence-electron chi connectivity index (χ1n) is 10.5. The highest BCUT2D eigenvalue weighted by Gasteiger charge is 2.26. The normalized spacial score (nSPS) is 14.3. The molecular weight excluding hydrogens is 460 g/mol. The van der Waals surface area contributed by atoms with E-state index in [1.807, 2.05) is 31.2 Å². The van der Waals surface area contributed by atoms with E-state index in [9.17, 15) is 13.2 Å². The fourth-order valence-corrected chi connectivity index (χ4v) is 5.80. The van der Waals surface area contributed by atoms with Crippen molar-refractivity contribution in [2.75, 3.05) is 42.9 Å². The number of nitrogens with zero attached hydrogens (tertiary/aromatic N) is 3. The number of rotatable bonds is 6. The molecule has 2 aromatic carbocycles. The third-order valence-electron chi connectivity index (χ3n) is 5.55.